The second kappa shape index (κ2) is 4.42. The summed E-state index contributed by atoms with van der Waals surface area (Å²) in [6.45, 7) is 0.820. The van der Waals surface area contributed by atoms with Crippen LogP contribution in [0.25, 0.3) is 0 Å². The van der Waals surface area contributed by atoms with Crippen LogP contribution in [0.2, 0.25) is 5.02 Å². The van der Waals surface area contributed by atoms with E-state index >= 15 is 0 Å². The van der Waals surface area contributed by atoms with Crippen molar-refractivity contribution in [3.63, 3.8) is 0 Å². The Labute approximate surface area is 92.5 Å². The molecule has 0 saturated carbocycles. The Morgan fingerprint density at radius 2 is 2.20 bits per heavy atom. The molecule has 2 rings (SSSR count). The maximum atomic E-state index is 11.7. The number of benzene rings is 1. The Balaban J connectivity index is 1.98. The normalized spacial score (nSPS) is 15.3. The van der Waals surface area contributed by atoms with Crippen LogP contribution in [0.3, 0.4) is 0 Å². The third-order valence-electron chi connectivity index (χ3n) is 2.08. The van der Waals surface area contributed by atoms with Gasteiger partial charge in [0.2, 0.25) is 0 Å². The highest BCUT2D eigenvalue weighted by molar-refractivity contribution is 6.30. The van der Waals surface area contributed by atoms with E-state index in [2.05, 4.69) is 10.4 Å². The average Bonchev–Trinajstić information content (AvgIpc) is 2.71. The van der Waals surface area contributed by atoms with Gasteiger partial charge in [-0.1, -0.05) is 11.6 Å². The van der Waals surface area contributed by atoms with Crippen LogP contribution in [-0.2, 0) is 0 Å². The van der Waals surface area contributed by atoms with E-state index in [1.54, 1.807) is 35.6 Å². The quantitative estimate of drug-likeness (QED) is 0.787. The highest BCUT2D eigenvalue weighted by Gasteiger charge is 2.13. The molecule has 0 spiro atoms. The number of nitrogens with zero attached hydrogens (tertiary/aromatic N) is 2. The average molecular weight is 224 g/mol. The fraction of sp³-hybridized carbons (Fsp3) is 0.200. The van der Waals surface area contributed by atoms with E-state index in [0.717, 1.165) is 0 Å². The molecular formula is C10H10ClN3O. The van der Waals surface area contributed by atoms with Gasteiger partial charge in [0.15, 0.2) is 5.78 Å². The summed E-state index contributed by atoms with van der Waals surface area (Å²) in [4.78, 5) is 15.7. The number of carbonyl (C=O) groups is 1. The van der Waals surface area contributed by atoms with Gasteiger partial charge in [-0.2, -0.15) is 5.01 Å². The van der Waals surface area contributed by atoms with E-state index in [9.17, 15) is 4.79 Å². The number of aliphatic imine (C=N–C) groups is 1. The first-order valence-corrected chi connectivity index (χ1v) is 4.92. The fourth-order valence-corrected chi connectivity index (χ4v) is 1.42. The molecule has 5 heteroatoms. The van der Waals surface area contributed by atoms with Crippen molar-refractivity contribution in [2.24, 2.45) is 4.99 Å². The SMILES string of the molecule is O=C(CN1CN=CN1)c1ccc(Cl)cc1. The predicted molar refractivity (Wildman–Crippen MR) is 59.0 cm³/mol. The van der Waals surface area contributed by atoms with Crippen molar-refractivity contribution in [2.45, 2.75) is 0 Å². The van der Waals surface area contributed by atoms with E-state index in [-0.39, 0.29) is 5.78 Å². The first-order valence-electron chi connectivity index (χ1n) is 4.54. The molecule has 1 heterocycles. The third-order valence-corrected chi connectivity index (χ3v) is 2.34. The van der Waals surface area contributed by atoms with Gasteiger partial charge in [-0.15, -0.1) is 0 Å². The maximum absolute atomic E-state index is 11.7. The molecule has 1 N–H and O–H groups in total. The molecule has 78 valence electrons. The van der Waals surface area contributed by atoms with Gasteiger partial charge in [0, 0.05) is 10.6 Å². The molecule has 0 unspecified atom stereocenters. The number of halogens is 1. The molecule has 1 aliphatic heterocycles. The highest BCUT2D eigenvalue weighted by atomic mass is 35.5. The molecule has 1 aliphatic rings. The van der Waals surface area contributed by atoms with Crippen LogP contribution in [0, 0.1) is 0 Å². The van der Waals surface area contributed by atoms with Gasteiger partial charge in [-0.25, -0.2) is 0 Å². The maximum Gasteiger partial charge on any atom is 0.178 e. The lowest BCUT2D eigenvalue weighted by Gasteiger charge is -2.12. The van der Waals surface area contributed by atoms with Gasteiger partial charge in [0.25, 0.3) is 0 Å². The molecule has 1 aromatic carbocycles. The number of hydrazine groups is 1. The zero-order valence-corrected chi connectivity index (χ0v) is 8.74. The smallest absolute Gasteiger partial charge is 0.178 e. The minimum absolute atomic E-state index is 0.0460. The number of hydrogen-bond acceptors (Lipinski definition) is 4. The summed E-state index contributed by atoms with van der Waals surface area (Å²) in [7, 11) is 0. The first kappa shape index (κ1) is 10.1. The molecule has 0 radical (unpaired) electrons. The summed E-state index contributed by atoms with van der Waals surface area (Å²) in [5.41, 5.74) is 3.52. The lowest BCUT2D eigenvalue weighted by molar-refractivity contribution is 0.0923. The molecule has 15 heavy (non-hydrogen) atoms. The molecular weight excluding hydrogens is 214 g/mol. The molecule has 0 bridgehead atoms. The van der Waals surface area contributed by atoms with Crippen molar-refractivity contribution >= 4 is 23.7 Å². The highest BCUT2D eigenvalue weighted by Crippen LogP contribution is 2.10. The van der Waals surface area contributed by atoms with Gasteiger partial charge in [0.1, 0.15) is 6.67 Å². The molecule has 4 nitrogen and oxygen atoms in total. The van der Waals surface area contributed by atoms with Crippen molar-refractivity contribution in [1.82, 2.24) is 10.4 Å². The van der Waals surface area contributed by atoms with E-state index in [4.69, 9.17) is 11.6 Å². The van der Waals surface area contributed by atoms with Crippen LogP contribution in [0.4, 0.5) is 0 Å². The Morgan fingerprint density at radius 3 is 2.80 bits per heavy atom. The van der Waals surface area contributed by atoms with Crippen LogP contribution < -0.4 is 5.43 Å². The molecule has 0 saturated heterocycles. The van der Waals surface area contributed by atoms with E-state index in [1.165, 1.54) is 0 Å². The summed E-state index contributed by atoms with van der Waals surface area (Å²) >= 11 is 5.73. The number of hydrogen-bond donors (Lipinski definition) is 1. The van der Waals surface area contributed by atoms with Gasteiger partial charge < -0.3 is 5.43 Å². The van der Waals surface area contributed by atoms with Crippen molar-refractivity contribution in [1.29, 1.82) is 0 Å². The molecule has 0 aliphatic carbocycles. The third kappa shape index (κ3) is 2.55. The number of carbonyl (C=O) groups excluding carboxylic acids is 1. The summed E-state index contributed by atoms with van der Waals surface area (Å²) < 4.78 is 0. The number of rotatable bonds is 3. The fourth-order valence-electron chi connectivity index (χ4n) is 1.30. The summed E-state index contributed by atoms with van der Waals surface area (Å²) in [6.07, 6.45) is 1.58. The van der Waals surface area contributed by atoms with Crippen LogP contribution in [0.15, 0.2) is 29.3 Å². The standard InChI is InChI=1S/C10H10ClN3O/c11-9-3-1-8(2-4-9)10(15)5-14-7-12-6-13-14/h1-4,6H,5,7H2,(H,12,13). The summed E-state index contributed by atoms with van der Waals surface area (Å²) in [6, 6.07) is 6.87. The zero-order valence-electron chi connectivity index (χ0n) is 7.98. The Hall–Kier alpha value is -1.39. The number of nitrogens with one attached hydrogen (secondary N) is 1. The molecule has 0 aromatic heterocycles. The topological polar surface area (TPSA) is 44.7 Å². The lowest BCUT2D eigenvalue weighted by atomic mass is 10.1. The number of ketones is 1. The zero-order chi connectivity index (χ0) is 10.7. The largest absolute Gasteiger partial charge is 0.307 e. The van der Waals surface area contributed by atoms with Crippen LogP contribution in [0.5, 0.6) is 0 Å². The van der Waals surface area contributed by atoms with E-state index in [1.807, 2.05) is 0 Å². The monoisotopic (exact) mass is 223 g/mol. The predicted octanol–water partition coefficient (Wildman–Crippen LogP) is 1.33. The lowest BCUT2D eigenvalue weighted by Crippen LogP contribution is -2.36. The van der Waals surface area contributed by atoms with Crippen molar-refractivity contribution < 1.29 is 4.79 Å². The van der Waals surface area contributed by atoms with Gasteiger partial charge in [0.05, 0.1) is 12.9 Å². The second-order valence-corrected chi connectivity index (χ2v) is 3.65. The minimum atomic E-state index is 0.0460. The second-order valence-electron chi connectivity index (χ2n) is 3.21. The molecule has 0 atom stereocenters. The first-order chi connectivity index (χ1) is 7.25. The Bertz CT molecular complexity index is 380. The van der Waals surface area contributed by atoms with Crippen LogP contribution >= 0.6 is 11.6 Å². The van der Waals surface area contributed by atoms with Crippen molar-refractivity contribution in [3.05, 3.63) is 34.9 Å². The number of Topliss-reactive ketones (excluding diaryl/α,β-unsaturated/α-hetero) is 1. The van der Waals surface area contributed by atoms with Crippen LogP contribution in [-0.4, -0.2) is 30.3 Å². The Kier molecular flexibility index (Phi) is 2.99. The summed E-state index contributed by atoms with van der Waals surface area (Å²) in [5, 5.41) is 2.37. The van der Waals surface area contributed by atoms with E-state index in [0.29, 0.717) is 23.8 Å². The van der Waals surface area contributed by atoms with Gasteiger partial charge >= 0.3 is 0 Å². The van der Waals surface area contributed by atoms with Gasteiger partial charge in [-0.05, 0) is 24.3 Å². The van der Waals surface area contributed by atoms with Crippen molar-refractivity contribution in [2.75, 3.05) is 13.2 Å². The molecule has 0 fully saturated rings. The van der Waals surface area contributed by atoms with Gasteiger partial charge in [-0.3, -0.25) is 9.79 Å². The molecule has 0 amide bonds. The van der Waals surface area contributed by atoms with Crippen molar-refractivity contribution in [3.8, 4) is 0 Å². The Morgan fingerprint density at radius 1 is 1.47 bits per heavy atom. The molecule has 1 aromatic rings. The minimum Gasteiger partial charge on any atom is -0.307 e. The summed E-state index contributed by atoms with van der Waals surface area (Å²) in [5.74, 6) is 0.0460. The van der Waals surface area contributed by atoms with E-state index < -0.39 is 0 Å². The van der Waals surface area contributed by atoms with Crippen LogP contribution in [0.1, 0.15) is 10.4 Å².